The van der Waals surface area contributed by atoms with E-state index in [-0.39, 0.29) is 35.3 Å². The number of carbonyl (C=O) groups is 2. The van der Waals surface area contributed by atoms with Crippen molar-refractivity contribution in [2.24, 2.45) is 11.8 Å². The van der Waals surface area contributed by atoms with Crippen LogP contribution in [0.15, 0.2) is 48.5 Å². The summed E-state index contributed by atoms with van der Waals surface area (Å²) in [7, 11) is 1.91. The van der Waals surface area contributed by atoms with Crippen LogP contribution in [0.3, 0.4) is 0 Å². The zero-order valence-electron chi connectivity index (χ0n) is 20.4. The van der Waals surface area contributed by atoms with E-state index < -0.39 is 11.7 Å². The first kappa shape index (κ1) is 25.3. The lowest BCUT2D eigenvalue weighted by atomic mass is 9.81. The second kappa shape index (κ2) is 10.4. The quantitative estimate of drug-likeness (QED) is 0.523. The van der Waals surface area contributed by atoms with Crippen LogP contribution in [0.4, 0.5) is 13.2 Å². The van der Waals surface area contributed by atoms with Gasteiger partial charge in [-0.05, 0) is 74.3 Å². The molecule has 4 nitrogen and oxygen atoms in total. The largest absolute Gasteiger partial charge is 0.416 e. The lowest BCUT2D eigenvalue weighted by Crippen LogP contribution is -2.50. The Kier molecular flexibility index (Phi) is 7.53. The van der Waals surface area contributed by atoms with E-state index in [1.54, 1.807) is 4.90 Å². The van der Waals surface area contributed by atoms with Gasteiger partial charge in [0.15, 0.2) is 0 Å². The van der Waals surface area contributed by atoms with Gasteiger partial charge in [0.2, 0.25) is 5.91 Å². The van der Waals surface area contributed by atoms with Gasteiger partial charge in [-0.25, -0.2) is 0 Å². The number of hydrogen-bond donors (Lipinski definition) is 0. The van der Waals surface area contributed by atoms with Crippen LogP contribution in [0.2, 0.25) is 0 Å². The summed E-state index contributed by atoms with van der Waals surface area (Å²) >= 11 is 0. The lowest BCUT2D eigenvalue weighted by molar-refractivity contribution is -0.140. The Balaban J connectivity index is 1.47. The van der Waals surface area contributed by atoms with Gasteiger partial charge in [-0.3, -0.25) is 9.59 Å². The third kappa shape index (κ3) is 5.71. The fourth-order valence-electron chi connectivity index (χ4n) is 5.29. The monoisotopic (exact) mass is 486 g/mol. The van der Waals surface area contributed by atoms with Gasteiger partial charge in [0.25, 0.3) is 5.91 Å². The summed E-state index contributed by atoms with van der Waals surface area (Å²) in [4.78, 5) is 29.7. The zero-order chi connectivity index (χ0) is 25.2. The molecule has 0 aromatic heterocycles. The van der Waals surface area contributed by atoms with E-state index >= 15 is 0 Å². The summed E-state index contributed by atoms with van der Waals surface area (Å²) in [6, 6.07) is 12.9. The third-order valence-corrected chi connectivity index (χ3v) is 7.80. The highest BCUT2D eigenvalue weighted by atomic mass is 19.4. The van der Waals surface area contributed by atoms with Crippen molar-refractivity contribution in [3.63, 3.8) is 0 Å². The molecule has 7 heteroatoms. The normalized spacial score (nSPS) is 18.1. The number of halogens is 3. The molecule has 1 aliphatic heterocycles. The molecular weight excluding hydrogens is 453 g/mol. The second-order valence-corrected chi connectivity index (χ2v) is 9.98. The van der Waals surface area contributed by atoms with Gasteiger partial charge in [0.1, 0.15) is 0 Å². The molecule has 188 valence electrons. The fourth-order valence-corrected chi connectivity index (χ4v) is 5.29. The Morgan fingerprint density at radius 2 is 1.71 bits per heavy atom. The molecule has 2 fully saturated rings. The van der Waals surface area contributed by atoms with Gasteiger partial charge >= 0.3 is 6.18 Å². The maximum atomic E-state index is 13.1. The lowest BCUT2D eigenvalue weighted by Gasteiger charge is -2.42. The van der Waals surface area contributed by atoms with Crippen molar-refractivity contribution in [3.05, 3.63) is 70.8 Å². The van der Waals surface area contributed by atoms with Crippen LogP contribution < -0.4 is 0 Å². The molecule has 1 heterocycles. The minimum atomic E-state index is -4.48. The van der Waals surface area contributed by atoms with Gasteiger partial charge < -0.3 is 9.80 Å². The Bertz CT molecular complexity index is 1060. The second-order valence-electron chi connectivity index (χ2n) is 9.98. The number of alkyl halides is 3. The first-order valence-electron chi connectivity index (χ1n) is 12.4. The van der Waals surface area contributed by atoms with E-state index in [1.165, 1.54) is 23.3 Å². The maximum absolute atomic E-state index is 13.1. The number of likely N-dealkylation sites (tertiary alicyclic amines) is 1. The van der Waals surface area contributed by atoms with Crippen LogP contribution in [-0.4, -0.2) is 47.8 Å². The van der Waals surface area contributed by atoms with Crippen LogP contribution in [0.25, 0.3) is 0 Å². The Labute approximate surface area is 205 Å². The Morgan fingerprint density at radius 3 is 2.31 bits per heavy atom. The Morgan fingerprint density at radius 1 is 1.03 bits per heavy atom. The zero-order valence-corrected chi connectivity index (χ0v) is 20.4. The van der Waals surface area contributed by atoms with Crippen LogP contribution >= 0.6 is 0 Å². The third-order valence-electron chi connectivity index (χ3n) is 7.80. The molecule has 1 aliphatic carbocycles. The molecule has 2 aliphatic rings. The molecule has 35 heavy (non-hydrogen) atoms. The van der Waals surface area contributed by atoms with E-state index in [1.807, 2.05) is 24.1 Å². The predicted octanol–water partition coefficient (Wildman–Crippen LogP) is 5.74. The molecule has 2 amide bonds. The average Bonchev–Trinajstić information content (AvgIpc) is 2.81. The minimum absolute atomic E-state index is 0.0232. The smallest absolute Gasteiger partial charge is 0.342 e. The molecule has 1 atom stereocenters. The molecule has 2 aromatic carbocycles. The summed E-state index contributed by atoms with van der Waals surface area (Å²) in [5.41, 5.74) is 1.66. The van der Waals surface area contributed by atoms with Crippen LogP contribution in [-0.2, 0) is 17.4 Å². The molecular formula is C28H33F3N2O2. The number of likely N-dealkylation sites (N-methyl/N-ethyl adjacent to an activating group) is 1. The molecule has 1 saturated carbocycles. The van der Waals surface area contributed by atoms with Crippen LogP contribution in [0.1, 0.15) is 59.2 Å². The molecule has 1 unspecified atom stereocenters. The molecule has 0 N–H and O–H groups in total. The number of aryl methyl sites for hydroxylation is 1. The SMILES string of the molecule is Cc1ccccc1CC(C1CCN(C(=O)c2cccc(C(F)(F)F)c2)CC1)N(C)C(=O)C1CCC1. The standard InChI is InChI=1S/C28H33F3N2O2/c1-19-7-3-4-8-22(19)18-25(32(2)26(34)21-9-5-10-21)20-13-15-33(16-14-20)27(35)23-11-6-12-24(17-23)28(29,30)31/h3-4,6-8,11-12,17,20-21,25H,5,9-10,13-16,18H2,1-2H3. The van der Waals surface area contributed by atoms with Crippen molar-refractivity contribution in [1.82, 2.24) is 9.80 Å². The van der Waals surface area contributed by atoms with Gasteiger partial charge in [-0.2, -0.15) is 13.2 Å². The van der Waals surface area contributed by atoms with Crippen molar-refractivity contribution >= 4 is 11.8 Å². The molecule has 0 spiro atoms. The highest BCUT2D eigenvalue weighted by molar-refractivity contribution is 5.94. The highest BCUT2D eigenvalue weighted by Gasteiger charge is 2.37. The minimum Gasteiger partial charge on any atom is -0.342 e. The molecule has 4 rings (SSSR count). The molecule has 1 saturated heterocycles. The van der Waals surface area contributed by atoms with Crippen molar-refractivity contribution < 1.29 is 22.8 Å². The van der Waals surface area contributed by atoms with Crippen LogP contribution in [0.5, 0.6) is 0 Å². The van der Waals surface area contributed by atoms with E-state index in [0.717, 1.165) is 37.8 Å². The van der Waals surface area contributed by atoms with Gasteiger partial charge in [0.05, 0.1) is 5.56 Å². The molecule has 2 aromatic rings. The number of rotatable bonds is 6. The fraction of sp³-hybridized carbons (Fsp3) is 0.500. The van der Waals surface area contributed by atoms with E-state index in [4.69, 9.17) is 0 Å². The summed E-state index contributed by atoms with van der Waals surface area (Å²) in [6.07, 6.45) is 0.696. The number of piperidine rings is 1. The van der Waals surface area contributed by atoms with Crippen molar-refractivity contribution in [3.8, 4) is 0 Å². The number of nitrogens with zero attached hydrogens (tertiary/aromatic N) is 2. The van der Waals surface area contributed by atoms with Gasteiger partial charge in [-0.15, -0.1) is 0 Å². The van der Waals surface area contributed by atoms with E-state index in [2.05, 4.69) is 19.1 Å². The van der Waals surface area contributed by atoms with Crippen molar-refractivity contribution in [2.45, 2.75) is 57.7 Å². The van der Waals surface area contributed by atoms with Gasteiger partial charge in [-0.1, -0.05) is 36.8 Å². The van der Waals surface area contributed by atoms with Crippen molar-refractivity contribution in [1.29, 1.82) is 0 Å². The number of amides is 2. The first-order valence-corrected chi connectivity index (χ1v) is 12.4. The highest BCUT2D eigenvalue weighted by Crippen LogP contribution is 2.33. The summed E-state index contributed by atoms with van der Waals surface area (Å²) in [5.74, 6) is 0.164. The summed E-state index contributed by atoms with van der Waals surface area (Å²) in [5, 5.41) is 0. The van der Waals surface area contributed by atoms with Crippen molar-refractivity contribution in [2.75, 3.05) is 20.1 Å². The summed E-state index contributed by atoms with van der Waals surface area (Å²) < 4.78 is 39.3. The maximum Gasteiger partial charge on any atom is 0.416 e. The predicted molar refractivity (Wildman–Crippen MR) is 129 cm³/mol. The van der Waals surface area contributed by atoms with Crippen LogP contribution in [0, 0.1) is 18.8 Å². The first-order chi connectivity index (χ1) is 16.6. The number of benzene rings is 2. The average molecular weight is 487 g/mol. The molecule has 0 bridgehead atoms. The molecule has 0 radical (unpaired) electrons. The topological polar surface area (TPSA) is 40.6 Å². The number of carbonyl (C=O) groups excluding carboxylic acids is 2. The summed E-state index contributed by atoms with van der Waals surface area (Å²) in [6.45, 7) is 3.02. The van der Waals surface area contributed by atoms with Gasteiger partial charge in [0, 0.05) is 37.7 Å². The van der Waals surface area contributed by atoms with E-state index in [0.29, 0.717) is 25.9 Å². The Hall–Kier alpha value is -2.83. The van der Waals surface area contributed by atoms with E-state index in [9.17, 15) is 22.8 Å². The number of hydrogen-bond acceptors (Lipinski definition) is 2.